The molecule has 17 heavy (non-hydrogen) atoms. The van der Waals surface area contributed by atoms with E-state index < -0.39 is 0 Å². The molecule has 0 saturated heterocycles. The van der Waals surface area contributed by atoms with Gasteiger partial charge in [0.25, 0.3) is 0 Å². The van der Waals surface area contributed by atoms with Crippen LogP contribution in [-0.2, 0) is 6.42 Å². The van der Waals surface area contributed by atoms with E-state index in [1.165, 1.54) is 24.1 Å². The Labute approximate surface area is 99.7 Å². The second-order valence-corrected chi connectivity index (χ2v) is 4.45. The number of aromatic amines is 1. The Morgan fingerprint density at radius 2 is 2.06 bits per heavy atom. The fourth-order valence-corrected chi connectivity index (χ4v) is 2.20. The SMILES string of the molecule is OCCc1c(-c2ccncc2)n[nH]c1C1CC1. The number of hydrogen-bond donors (Lipinski definition) is 2. The summed E-state index contributed by atoms with van der Waals surface area (Å²) in [6.07, 6.45) is 6.67. The van der Waals surface area contributed by atoms with Crippen molar-refractivity contribution < 1.29 is 5.11 Å². The Bertz CT molecular complexity index is 503. The fraction of sp³-hybridized carbons (Fsp3) is 0.385. The highest BCUT2D eigenvalue weighted by atomic mass is 16.2. The maximum absolute atomic E-state index is 9.18. The molecule has 0 unspecified atom stereocenters. The number of hydrogen-bond acceptors (Lipinski definition) is 3. The number of H-pyrrole nitrogens is 1. The molecule has 0 bridgehead atoms. The molecule has 0 radical (unpaired) electrons. The summed E-state index contributed by atoms with van der Waals surface area (Å²) < 4.78 is 0. The summed E-state index contributed by atoms with van der Waals surface area (Å²) in [5, 5.41) is 16.7. The van der Waals surface area contributed by atoms with Crippen LogP contribution in [0.4, 0.5) is 0 Å². The van der Waals surface area contributed by atoms with E-state index in [2.05, 4.69) is 15.2 Å². The predicted octanol–water partition coefficient (Wildman–Crippen LogP) is 1.88. The molecule has 2 aromatic heterocycles. The van der Waals surface area contributed by atoms with Gasteiger partial charge in [-0.05, 0) is 31.4 Å². The monoisotopic (exact) mass is 229 g/mol. The minimum absolute atomic E-state index is 0.164. The average Bonchev–Trinajstić information content (AvgIpc) is 3.13. The number of nitrogens with zero attached hydrogens (tertiary/aromatic N) is 2. The molecule has 2 N–H and O–H groups in total. The molecular weight excluding hydrogens is 214 g/mol. The predicted molar refractivity (Wildman–Crippen MR) is 64.6 cm³/mol. The van der Waals surface area contributed by atoms with Crippen LogP contribution in [0.5, 0.6) is 0 Å². The van der Waals surface area contributed by atoms with Gasteiger partial charge in [-0.25, -0.2) is 0 Å². The first-order valence-electron chi connectivity index (χ1n) is 5.98. The number of aromatic nitrogens is 3. The Balaban J connectivity index is 2.04. The fourth-order valence-electron chi connectivity index (χ4n) is 2.20. The molecule has 0 aromatic carbocycles. The third-order valence-corrected chi connectivity index (χ3v) is 3.20. The lowest BCUT2D eigenvalue weighted by Crippen LogP contribution is -1.96. The van der Waals surface area contributed by atoms with Gasteiger partial charge in [0.15, 0.2) is 0 Å². The van der Waals surface area contributed by atoms with Gasteiger partial charge < -0.3 is 5.11 Å². The second kappa shape index (κ2) is 4.30. The number of pyridine rings is 1. The molecule has 88 valence electrons. The number of nitrogens with one attached hydrogen (secondary N) is 1. The van der Waals surface area contributed by atoms with Crippen LogP contribution in [0, 0.1) is 0 Å². The van der Waals surface area contributed by atoms with Crippen molar-refractivity contribution in [3.63, 3.8) is 0 Å². The van der Waals surface area contributed by atoms with Crippen LogP contribution in [0.15, 0.2) is 24.5 Å². The minimum atomic E-state index is 0.164. The van der Waals surface area contributed by atoms with Crippen LogP contribution >= 0.6 is 0 Å². The van der Waals surface area contributed by atoms with Gasteiger partial charge in [0, 0.05) is 41.7 Å². The van der Waals surface area contributed by atoms with Gasteiger partial charge in [-0.15, -0.1) is 0 Å². The molecule has 1 aliphatic rings. The lowest BCUT2D eigenvalue weighted by Gasteiger charge is -2.03. The number of rotatable bonds is 4. The summed E-state index contributed by atoms with van der Waals surface area (Å²) in [4.78, 5) is 4.01. The molecule has 0 amide bonds. The van der Waals surface area contributed by atoms with Crippen molar-refractivity contribution in [2.24, 2.45) is 0 Å². The van der Waals surface area contributed by atoms with E-state index in [9.17, 15) is 5.11 Å². The molecule has 0 aliphatic heterocycles. The zero-order chi connectivity index (χ0) is 11.7. The van der Waals surface area contributed by atoms with Gasteiger partial charge in [0.1, 0.15) is 0 Å². The third-order valence-electron chi connectivity index (χ3n) is 3.20. The van der Waals surface area contributed by atoms with E-state index in [0.29, 0.717) is 12.3 Å². The summed E-state index contributed by atoms with van der Waals surface area (Å²) >= 11 is 0. The van der Waals surface area contributed by atoms with Crippen molar-refractivity contribution in [1.29, 1.82) is 0 Å². The van der Waals surface area contributed by atoms with Crippen LogP contribution in [0.3, 0.4) is 0 Å². The quantitative estimate of drug-likeness (QED) is 0.841. The van der Waals surface area contributed by atoms with Crippen LogP contribution in [0.1, 0.15) is 30.0 Å². The first-order chi connectivity index (χ1) is 8.40. The molecular formula is C13H15N3O. The minimum Gasteiger partial charge on any atom is -0.396 e. The van der Waals surface area contributed by atoms with Crippen LogP contribution in [0.2, 0.25) is 0 Å². The van der Waals surface area contributed by atoms with Crippen molar-refractivity contribution in [2.75, 3.05) is 6.61 Å². The molecule has 1 aliphatic carbocycles. The highest BCUT2D eigenvalue weighted by Gasteiger charge is 2.29. The standard InChI is InChI=1S/C13H15N3O/c17-8-5-11-12(9-1-2-9)15-16-13(11)10-3-6-14-7-4-10/h3-4,6-7,9,17H,1-2,5,8H2,(H,15,16). The Morgan fingerprint density at radius 3 is 2.71 bits per heavy atom. The normalized spacial score (nSPS) is 15.1. The maximum Gasteiger partial charge on any atom is 0.0957 e. The van der Waals surface area contributed by atoms with Crippen LogP contribution < -0.4 is 0 Å². The molecule has 0 atom stereocenters. The number of aliphatic hydroxyl groups excluding tert-OH is 1. The Kier molecular flexibility index (Phi) is 2.65. The van der Waals surface area contributed by atoms with Gasteiger partial charge in [0.05, 0.1) is 5.69 Å². The van der Waals surface area contributed by atoms with E-state index >= 15 is 0 Å². The summed E-state index contributed by atoms with van der Waals surface area (Å²) in [5.74, 6) is 0.625. The van der Waals surface area contributed by atoms with Crippen molar-refractivity contribution in [2.45, 2.75) is 25.2 Å². The molecule has 2 heterocycles. The van der Waals surface area contributed by atoms with Crippen molar-refractivity contribution in [1.82, 2.24) is 15.2 Å². The average molecular weight is 229 g/mol. The lowest BCUT2D eigenvalue weighted by atomic mass is 10.0. The van der Waals surface area contributed by atoms with Gasteiger partial charge in [0.2, 0.25) is 0 Å². The van der Waals surface area contributed by atoms with E-state index in [1.807, 2.05) is 12.1 Å². The first-order valence-corrected chi connectivity index (χ1v) is 5.98. The van der Waals surface area contributed by atoms with E-state index in [-0.39, 0.29) is 6.61 Å². The largest absolute Gasteiger partial charge is 0.396 e. The van der Waals surface area contributed by atoms with Crippen molar-refractivity contribution >= 4 is 0 Å². The zero-order valence-corrected chi connectivity index (χ0v) is 9.56. The smallest absolute Gasteiger partial charge is 0.0957 e. The van der Waals surface area contributed by atoms with Crippen LogP contribution in [-0.4, -0.2) is 26.9 Å². The lowest BCUT2D eigenvalue weighted by molar-refractivity contribution is 0.299. The molecule has 2 aromatic rings. The third kappa shape index (κ3) is 1.96. The summed E-state index contributed by atoms with van der Waals surface area (Å²) in [5.41, 5.74) is 4.40. The van der Waals surface area contributed by atoms with Gasteiger partial charge >= 0.3 is 0 Å². The Morgan fingerprint density at radius 1 is 1.29 bits per heavy atom. The Hall–Kier alpha value is -1.68. The van der Waals surface area contributed by atoms with Crippen molar-refractivity contribution in [3.8, 4) is 11.3 Å². The highest BCUT2D eigenvalue weighted by molar-refractivity contribution is 5.64. The molecule has 3 rings (SSSR count). The summed E-state index contributed by atoms with van der Waals surface area (Å²) in [6.45, 7) is 0.164. The van der Waals surface area contributed by atoms with Crippen LogP contribution in [0.25, 0.3) is 11.3 Å². The van der Waals surface area contributed by atoms with E-state index in [4.69, 9.17) is 0 Å². The van der Waals surface area contributed by atoms with E-state index in [1.54, 1.807) is 12.4 Å². The second-order valence-electron chi connectivity index (χ2n) is 4.45. The highest BCUT2D eigenvalue weighted by Crippen LogP contribution is 2.42. The van der Waals surface area contributed by atoms with Gasteiger partial charge in [-0.3, -0.25) is 10.1 Å². The topological polar surface area (TPSA) is 61.8 Å². The van der Waals surface area contributed by atoms with Crippen molar-refractivity contribution in [3.05, 3.63) is 35.8 Å². The molecule has 4 nitrogen and oxygen atoms in total. The number of aliphatic hydroxyl groups is 1. The first kappa shape index (κ1) is 10.5. The molecule has 1 fully saturated rings. The van der Waals surface area contributed by atoms with Gasteiger partial charge in [-0.2, -0.15) is 5.10 Å². The molecule has 4 heteroatoms. The maximum atomic E-state index is 9.18. The molecule has 0 spiro atoms. The van der Waals surface area contributed by atoms with Gasteiger partial charge in [-0.1, -0.05) is 0 Å². The summed E-state index contributed by atoms with van der Waals surface area (Å²) in [6, 6.07) is 3.90. The zero-order valence-electron chi connectivity index (χ0n) is 9.56. The van der Waals surface area contributed by atoms with E-state index in [0.717, 1.165) is 11.3 Å². The molecule has 1 saturated carbocycles. The summed E-state index contributed by atoms with van der Waals surface area (Å²) in [7, 11) is 0.